The highest BCUT2D eigenvalue weighted by molar-refractivity contribution is 5.50. The fourth-order valence-corrected chi connectivity index (χ4v) is 3.22. The molecule has 0 radical (unpaired) electrons. The minimum atomic E-state index is 0.527. The summed E-state index contributed by atoms with van der Waals surface area (Å²) in [5.41, 5.74) is 2.89. The molecule has 3 aliphatic rings. The molecule has 1 aromatic carbocycles. The topological polar surface area (TPSA) is 30.5 Å². The molecular formula is C15H19NO2. The van der Waals surface area contributed by atoms with Gasteiger partial charge in [-0.3, -0.25) is 0 Å². The number of hydrogen-bond donors (Lipinski definition) is 1. The third-order valence-electron chi connectivity index (χ3n) is 4.22. The van der Waals surface area contributed by atoms with Crippen molar-refractivity contribution in [1.29, 1.82) is 0 Å². The Balaban J connectivity index is 1.79. The van der Waals surface area contributed by atoms with E-state index in [9.17, 15) is 0 Å². The Morgan fingerprint density at radius 1 is 1.11 bits per heavy atom. The van der Waals surface area contributed by atoms with E-state index in [0.29, 0.717) is 25.3 Å². The molecule has 2 atom stereocenters. The summed E-state index contributed by atoms with van der Waals surface area (Å²) in [5, 5.41) is 3.74. The largest absolute Gasteiger partial charge is 0.486 e. The molecule has 3 nitrogen and oxygen atoms in total. The van der Waals surface area contributed by atoms with E-state index in [1.54, 1.807) is 0 Å². The second kappa shape index (κ2) is 3.89. The first-order valence-electron chi connectivity index (χ1n) is 7.00. The first kappa shape index (κ1) is 10.7. The van der Waals surface area contributed by atoms with Crippen LogP contribution in [0.25, 0.3) is 0 Å². The number of nitrogens with one attached hydrogen (secondary N) is 1. The van der Waals surface area contributed by atoms with Crippen molar-refractivity contribution in [2.24, 2.45) is 5.92 Å². The molecule has 0 aromatic heterocycles. The van der Waals surface area contributed by atoms with Crippen LogP contribution >= 0.6 is 0 Å². The summed E-state index contributed by atoms with van der Waals surface area (Å²) >= 11 is 0. The summed E-state index contributed by atoms with van der Waals surface area (Å²) in [4.78, 5) is 0. The molecule has 1 aliphatic carbocycles. The zero-order valence-corrected chi connectivity index (χ0v) is 10.7. The second-order valence-electron chi connectivity index (χ2n) is 5.78. The van der Waals surface area contributed by atoms with Gasteiger partial charge >= 0.3 is 0 Å². The Hall–Kier alpha value is -1.22. The Labute approximate surface area is 107 Å². The van der Waals surface area contributed by atoms with Gasteiger partial charge in [-0.2, -0.15) is 0 Å². The van der Waals surface area contributed by atoms with Gasteiger partial charge in [0.2, 0.25) is 0 Å². The molecule has 1 N–H and O–H groups in total. The van der Waals surface area contributed by atoms with Crippen LogP contribution < -0.4 is 14.8 Å². The predicted molar refractivity (Wildman–Crippen MR) is 69.2 cm³/mol. The molecule has 0 saturated heterocycles. The molecule has 4 rings (SSSR count). The Morgan fingerprint density at radius 2 is 1.83 bits per heavy atom. The molecule has 0 bridgehead atoms. The summed E-state index contributed by atoms with van der Waals surface area (Å²) in [6.45, 7) is 3.62. The normalized spacial score (nSPS) is 29.8. The van der Waals surface area contributed by atoms with Gasteiger partial charge in [0.25, 0.3) is 0 Å². The molecule has 3 heteroatoms. The molecular weight excluding hydrogens is 226 g/mol. The van der Waals surface area contributed by atoms with E-state index in [4.69, 9.17) is 9.47 Å². The lowest BCUT2D eigenvalue weighted by Gasteiger charge is -2.33. The quantitative estimate of drug-likeness (QED) is 0.824. The average molecular weight is 245 g/mol. The number of hydrogen-bond acceptors (Lipinski definition) is 3. The third kappa shape index (κ3) is 1.69. The van der Waals surface area contributed by atoms with Crippen molar-refractivity contribution in [3.63, 3.8) is 0 Å². The van der Waals surface area contributed by atoms with E-state index in [1.807, 2.05) is 0 Å². The fraction of sp³-hybridized carbons (Fsp3) is 0.600. The Morgan fingerprint density at radius 3 is 2.56 bits per heavy atom. The third-order valence-corrected chi connectivity index (χ3v) is 4.22. The molecule has 2 unspecified atom stereocenters. The van der Waals surface area contributed by atoms with E-state index < -0.39 is 0 Å². The van der Waals surface area contributed by atoms with Crippen molar-refractivity contribution in [2.75, 3.05) is 13.2 Å². The first-order valence-corrected chi connectivity index (χ1v) is 7.00. The number of rotatable bonds is 1. The fourth-order valence-electron chi connectivity index (χ4n) is 3.22. The van der Waals surface area contributed by atoms with Crippen LogP contribution in [0.3, 0.4) is 0 Å². The smallest absolute Gasteiger partial charge is 0.161 e. The van der Waals surface area contributed by atoms with E-state index in [2.05, 4.69) is 24.4 Å². The first-order chi connectivity index (χ1) is 8.81. The molecule has 1 aromatic rings. The van der Waals surface area contributed by atoms with Gasteiger partial charge in [-0.15, -0.1) is 0 Å². The van der Waals surface area contributed by atoms with Gasteiger partial charge in [0.05, 0.1) is 0 Å². The standard InChI is InChI=1S/C15H19NO2/c1-9-6-11-7-13-14(18-5-4-17-13)8-12(11)15(16-9)10-2-3-10/h7-10,15-16H,2-6H2,1H3. The molecule has 18 heavy (non-hydrogen) atoms. The molecule has 2 heterocycles. The van der Waals surface area contributed by atoms with Crippen LogP contribution in [-0.2, 0) is 6.42 Å². The van der Waals surface area contributed by atoms with Gasteiger partial charge in [-0.25, -0.2) is 0 Å². The van der Waals surface area contributed by atoms with Gasteiger partial charge in [0, 0.05) is 12.1 Å². The number of fused-ring (bicyclic) bond motifs is 2. The summed E-state index contributed by atoms with van der Waals surface area (Å²) in [6.07, 6.45) is 3.81. The van der Waals surface area contributed by atoms with Crippen molar-refractivity contribution in [1.82, 2.24) is 5.32 Å². The van der Waals surface area contributed by atoms with Gasteiger partial charge in [0.15, 0.2) is 11.5 Å². The monoisotopic (exact) mass is 245 g/mol. The van der Waals surface area contributed by atoms with Gasteiger partial charge in [-0.05, 0) is 55.4 Å². The second-order valence-corrected chi connectivity index (χ2v) is 5.78. The highest BCUT2D eigenvalue weighted by Crippen LogP contribution is 2.46. The van der Waals surface area contributed by atoms with Crippen LogP contribution in [-0.4, -0.2) is 19.3 Å². The molecule has 1 saturated carbocycles. The lowest BCUT2D eigenvalue weighted by atomic mass is 9.88. The highest BCUT2D eigenvalue weighted by Gasteiger charge is 2.37. The van der Waals surface area contributed by atoms with Gasteiger partial charge in [-0.1, -0.05) is 0 Å². The van der Waals surface area contributed by atoms with Crippen molar-refractivity contribution in [3.8, 4) is 11.5 Å². The van der Waals surface area contributed by atoms with Crippen LogP contribution in [0.4, 0.5) is 0 Å². The van der Waals surface area contributed by atoms with Crippen molar-refractivity contribution < 1.29 is 9.47 Å². The van der Waals surface area contributed by atoms with Gasteiger partial charge in [0.1, 0.15) is 13.2 Å². The van der Waals surface area contributed by atoms with Crippen LogP contribution in [0, 0.1) is 5.92 Å². The minimum Gasteiger partial charge on any atom is -0.486 e. The summed E-state index contributed by atoms with van der Waals surface area (Å²) in [6, 6.07) is 5.51. The van der Waals surface area contributed by atoms with Gasteiger partial charge < -0.3 is 14.8 Å². The average Bonchev–Trinajstić information content (AvgIpc) is 3.19. The van der Waals surface area contributed by atoms with Crippen LogP contribution in [0.5, 0.6) is 11.5 Å². The zero-order chi connectivity index (χ0) is 12.1. The minimum absolute atomic E-state index is 0.527. The molecule has 2 aliphatic heterocycles. The molecule has 0 spiro atoms. The highest BCUT2D eigenvalue weighted by atomic mass is 16.6. The maximum Gasteiger partial charge on any atom is 0.161 e. The Kier molecular flexibility index (Phi) is 2.31. The van der Waals surface area contributed by atoms with E-state index in [1.165, 1.54) is 24.0 Å². The van der Waals surface area contributed by atoms with Crippen LogP contribution in [0.2, 0.25) is 0 Å². The SMILES string of the molecule is CC1Cc2cc3c(cc2C(C2CC2)N1)OCCO3. The van der Waals surface area contributed by atoms with Crippen molar-refractivity contribution in [3.05, 3.63) is 23.3 Å². The molecule has 1 fully saturated rings. The summed E-state index contributed by atoms with van der Waals surface area (Å²) in [7, 11) is 0. The molecule has 96 valence electrons. The Bertz CT molecular complexity index is 482. The van der Waals surface area contributed by atoms with E-state index >= 15 is 0 Å². The zero-order valence-electron chi connectivity index (χ0n) is 10.7. The maximum atomic E-state index is 5.71. The maximum absolute atomic E-state index is 5.71. The van der Waals surface area contributed by atoms with Crippen molar-refractivity contribution >= 4 is 0 Å². The summed E-state index contributed by atoms with van der Waals surface area (Å²) in [5.74, 6) is 2.69. The lowest BCUT2D eigenvalue weighted by Crippen LogP contribution is -2.38. The number of benzene rings is 1. The lowest BCUT2D eigenvalue weighted by molar-refractivity contribution is 0.170. The van der Waals surface area contributed by atoms with E-state index in [-0.39, 0.29) is 0 Å². The number of ether oxygens (including phenoxy) is 2. The summed E-state index contributed by atoms with van der Waals surface area (Å²) < 4.78 is 11.4. The predicted octanol–water partition coefficient (Wildman–Crippen LogP) is 2.44. The molecule has 0 amide bonds. The van der Waals surface area contributed by atoms with Crippen LogP contribution in [0.1, 0.15) is 36.9 Å². The van der Waals surface area contributed by atoms with Crippen LogP contribution in [0.15, 0.2) is 12.1 Å². The van der Waals surface area contributed by atoms with Crippen molar-refractivity contribution in [2.45, 2.75) is 38.3 Å². The van der Waals surface area contributed by atoms with E-state index in [0.717, 1.165) is 23.8 Å².